The fraction of sp³-hybridized carbons (Fsp3) is 1.00. The maximum Gasteiger partial charge on any atom is 0.0235 e. The molecule has 1 fully saturated rings. The van der Waals surface area contributed by atoms with E-state index in [-0.39, 0.29) is 0 Å². The van der Waals surface area contributed by atoms with Gasteiger partial charge in [0.2, 0.25) is 0 Å². The molecule has 3 nitrogen and oxygen atoms in total. The first-order valence-corrected chi connectivity index (χ1v) is 9.29. The van der Waals surface area contributed by atoms with Gasteiger partial charge in [0.1, 0.15) is 0 Å². The molecule has 2 atom stereocenters. The first-order valence-electron chi connectivity index (χ1n) is 9.29. The van der Waals surface area contributed by atoms with Gasteiger partial charge in [-0.1, -0.05) is 52.4 Å². The number of rotatable bonds is 11. The molecule has 0 radical (unpaired) electrons. The van der Waals surface area contributed by atoms with Gasteiger partial charge in [-0.05, 0) is 33.5 Å². The molecular formula is C18H39N3. The lowest BCUT2D eigenvalue weighted by atomic mass is 9.98. The van der Waals surface area contributed by atoms with E-state index in [1.165, 1.54) is 71.0 Å². The summed E-state index contributed by atoms with van der Waals surface area (Å²) in [5.74, 6) is 0. The van der Waals surface area contributed by atoms with Crippen LogP contribution in [0, 0.1) is 0 Å². The highest BCUT2D eigenvalue weighted by molar-refractivity contribution is 4.83. The topological polar surface area (TPSA) is 18.5 Å². The molecular weight excluding hydrogens is 258 g/mol. The molecule has 2 unspecified atom stereocenters. The van der Waals surface area contributed by atoms with Gasteiger partial charge in [0, 0.05) is 31.7 Å². The van der Waals surface area contributed by atoms with E-state index in [4.69, 9.17) is 0 Å². The van der Waals surface area contributed by atoms with E-state index in [1.807, 2.05) is 0 Å². The molecule has 0 bridgehead atoms. The highest BCUT2D eigenvalue weighted by Gasteiger charge is 2.24. The van der Waals surface area contributed by atoms with Crippen LogP contribution in [0.2, 0.25) is 0 Å². The third-order valence-corrected chi connectivity index (χ3v) is 4.94. The predicted molar refractivity (Wildman–Crippen MR) is 94.0 cm³/mol. The van der Waals surface area contributed by atoms with E-state index >= 15 is 0 Å². The smallest absolute Gasteiger partial charge is 0.0235 e. The summed E-state index contributed by atoms with van der Waals surface area (Å²) in [4.78, 5) is 5.05. The highest BCUT2D eigenvalue weighted by Crippen LogP contribution is 2.16. The maximum absolute atomic E-state index is 3.72. The second kappa shape index (κ2) is 11.4. The van der Waals surface area contributed by atoms with Crippen molar-refractivity contribution < 1.29 is 0 Å². The molecule has 1 N–H and O–H groups in total. The largest absolute Gasteiger partial charge is 0.314 e. The van der Waals surface area contributed by atoms with Crippen LogP contribution in [-0.4, -0.2) is 62.2 Å². The lowest BCUT2D eigenvalue weighted by Crippen LogP contribution is -2.52. The Bertz CT molecular complexity index is 245. The zero-order valence-corrected chi connectivity index (χ0v) is 15.0. The lowest BCUT2D eigenvalue weighted by Gasteiger charge is -2.39. The highest BCUT2D eigenvalue weighted by atomic mass is 15.3. The predicted octanol–water partition coefficient (Wildman–Crippen LogP) is 3.35. The molecule has 1 aliphatic rings. The Labute approximate surface area is 133 Å². The van der Waals surface area contributed by atoms with Crippen molar-refractivity contribution in [1.29, 1.82) is 0 Å². The van der Waals surface area contributed by atoms with Crippen molar-refractivity contribution >= 4 is 0 Å². The molecule has 1 rings (SSSR count). The van der Waals surface area contributed by atoms with Crippen LogP contribution in [0.25, 0.3) is 0 Å². The zero-order valence-electron chi connectivity index (χ0n) is 15.0. The number of nitrogens with zero attached hydrogens (tertiary/aromatic N) is 2. The Morgan fingerprint density at radius 2 is 1.71 bits per heavy atom. The Kier molecular flexibility index (Phi) is 10.3. The van der Waals surface area contributed by atoms with Crippen molar-refractivity contribution in [3.63, 3.8) is 0 Å². The van der Waals surface area contributed by atoms with Crippen LogP contribution in [0.3, 0.4) is 0 Å². The van der Waals surface area contributed by atoms with Crippen LogP contribution in [0.4, 0.5) is 0 Å². The Morgan fingerprint density at radius 1 is 1.00 bits per heavy atom. The van der Waals surface area contributed by atoms with E-state index in [9.17, 15) is 0 Å². The van der Waals surface area contributed by atoms with E-state index in [0.717, 1.165) is 12.6 Å². The van der Waals surface area contributed by atoms with Gasteiger partial charge in [-0.3, -0.25) is 0 Å². The molecule has 1 saturated heterocycles. The number of unbranched alkanes of at least 4 members (excludes halogenated alkanes) is 5. The van der Waals surface area contributed by atoms with Gasteiger partial charge in [-0.15, -0.1) is 0 Å². The summed E-state index contributed by atoms with van der Waals surface area (Å²) in [5.41, 5.74) is 0. The van der Waals surface area contributed by atoms with Crippen LogP contribution in [0.15, 0.2) is 0 Å². The fourth-order valence-corrected chi connectivity index (χ4v) is 3.45. The number of hydrogen-bond donors (Lipinski definition) is 1. The van der Waals surface area contributed by atoms with Gasteiger partial charge in [0.25, 0.3) is 0 Å². The van der Waals surface area contributed by atoms with Gasteiger partial charge in [0.05, 0.1) is 0 Å². The Balaban J connectivity index is 2.24. The number of hydrogen-bond acceptors (Lipinski definition) is 3. The minimum absolute atomic E-state index is 0.708. The minimum Gasteiger partial charge on any atom is -0.314 e. The van der Waals surface area contributed by atoms with Crippen molar-refractivity contribution in [2.75, 3.05) is 40.3 Å². The molecule has 0 aliphatic carbocycles. The molecule has 1 aliphatic heterocycles. The van der Waals surface area contributed by atoms with E-state index < -0.39 is 0 Å². The van der Waals surface area contributed by atoms with Gasteiger partial charge in [-0.2, -0.15) is 0 Å². The molecule has 0 amide bonds. The van der Waals surface area contributed by atoms with Crippen LogP contribution < -0.4 is 5.32 Å². The number of nitrogens with one attached hydrogen (secondary N) is 1. The number of piperazine rings is 1. The van der Waals surface area contributed by atoms with Crippen LogP contribution >= 0.6 is 0 Å². The van der Waals surface area contributed by atoms with Crippen molar-refractivity contribution in [2.45, 2.75) is 77.3 Å². The summed E-state index contributed by atoms with van der Waals surface area (Å²) >= 11 is 0. The third-order valence-electron chi connectivity index (χ3n) is 4.94. The van der Waals surface area contributed by atoms with Crippen LogP contribution in [0.5, 0.6) is 0 Å². The monoisotopic (exact) mass is 297 g/mol. The minimum atomic E-state index is 0.708. The second-order valence-corrected chi connectivity index (χ2v) is 6.94. The molecule has 3 heteroatoms. The molecule has 0 aromatic heterocycles. The first-order chi connectivity index (χ1) is 10.2. The average molecular weight is 298 g/mol. The zero-order chi connectivity index (χ0) is 15.5. The normalized spacial score (nSPS) is 22.6. The second-order valence-electron chi connectivity index (χ2n) is 6.94. The van der Waals surface area contributed by atoms with Crippen molar-refractivity contribution in [2.24, 2.45) is 0 Å². The average Bonchev–Trinajstić information content (AvgIpc) is 2.46. The molecule has 0 aromatic carbocycles. The van der Waals surface area contributed by atoms with Crippen molar-refractivity contribution in [3.05, 3.63) is 0 Å². The summed E-state index contributed by atoms with van der Waals surface area (Å²) in [6.45, 7) is 9.30. The molecule has 0 saturated carbocycles. The van der Waals surface area contributed by atoms with E-state index in [2.05, 4.69) is 43.1 Å². The Hall–Kier alpha value is -0.120. The molecule has 1 heterocycles. The standard InChI is InChI=1S/C18H39N3/c1-5-7-8-9-10-11-12-17(19-6-2)15-18-16-20(3)13-14-21(18)4/h17-19H,5-16H2,1-4H3. The molecule has 0 aromatic rings. The summed E-state index contributed by atoms with van der Waals surface area (Å²) in [6, 6.07) is 1.44. The van der Waals surface area contributed by atoms with Gasteiger partial charge in [-0.25, -0.2) is 0 Å². The maximum atomic E-state index is 3.72. The van der Waals surface area contributed by atoms with Gasteiger partial charge >= 0.3 is 0 Å². The first kappa shape index (κ1) is 18.9. The SMILES string of the molecule is CCCCCCCCC(CC1CN(C)CCN1C)NCC. The molecule has 0 spiro atoms. The van der Waals surface area contributed by atoms with E-state index in [0.29, 0.717) is 6.04 Å². The van der Waals surface area contributed by atoms with Crippen molar-refractivity contribution in [1.82, 2.24) is 15.1 Å². The van der Waals surface area contributed by atoms with Crippen LogP contribution in [-0.2, 0) is 0 Å². The number of likely N-dealkylation sites (N-methyl/N-ethyl adjacent to an activating group) is 2. The molecule has 21 heavy (non-hydrogen) atoms. The Morgan fingerprint density at radius 3 is 2.43 bits per heavy atom. The van der Waals surface area contributed by atoms with Gasteiger partial charge < -0.3 is 15.1 Å². The summed E-state index contributed by atoms with van der Waals surface area (Å²) < 4.78 is 0. The summed E-state index contributed by atoms with van der Waals surface area (Å²) in [6.07, 6.45) is 11.1. The fourth-order valence-electron chi connectivity index (χ4n) is 3.45. The molecule has 126 valence electrons. The third kappa shape index (κ3) is 8.18. The lowest BCUT2D eigenvalue weighted by molar-refractivity contribution is 0.0999. The van der Waals surface area contributed by atoms with Crippen molar-refractivity contribution in [3.8, 4) is 0 Å². The van der Waals surface area contributed by atoms with Gasteiger partial charge in [0.15, 0.2) is 0 Å². The summed E-state index contributed by atoms with van der Waals surface area (Å²) in [5, 5.41) is 3.72. The quantitative estimate of drug-likeness (QED) is 0.590. The van der Waals surface area contributed by atoms with Crippen LogP contribution in [0.1, 0.15) is 65.2 Å². The van der Waals surface area contributed by atoms with E-state index in [1.54, 1.807) is 0 Å². The summed E-state index contributed by atoms with van der Waals surface area (Å²) in [7, 11) is 4.56.